The number of para-hydroxylation sites is 1. The number of esters is 1. The van der Waals surface area contributed by atoms with Gasteiger partial charge >= 0.3 is 5.97 Å². The minimum absolute atomic E-state index is 0.0884. The molecule has 1 aromatic heterocycles. The van der Waals surface area contributed by atoms with Crippen molar-refractivity contribution < 1.29 is 14.6 Å². The third kappa shape index (κ3) is 2.90. The van der Waals surface area contributed by atoms with Crippen molar-refractivity contribution in [3.63, 3.8) is 0 Å². The highest BCUT2D eigenvalue weighted by molar-refractivity contribution is 6.06. The fraction of sp³-hybridized carbons (Fsp3) is 0.0476. The summed E-state index contributed by atoms with van der Waals surface area (Å²) in [5, 5.41) is 12.4. The maximum Gasteiger partial charge on any atom is 0.338 e. The molecular formula is C21H15NO3. The lowest BCUT2D eigenvalue weighted by Crippen LogP contribution is -2.06. The van der Waals surface area contributed by atoms with E-state index in [0.717, 1.165) is 27.4 Å². The highest BCUT2D eigenvalue weighted by Crippen LogP contribution is 2.26. The Morgan fingerprint density at radius 3 is 2.24 bits per heavy atom. The number of phenolic OH excluding ortho intramolecular Hbond substituents is 1. The molecular weight excluding hydrogens is 314 g/mol. The highest BCUT2D eigenvalue weighted by atomic mass is 16.5. The number of aromatic hydroxyl groups is 1. The molecule has 0 atom stereocenters. The van der Waals surface area contributed by atoms with Gasteiger partial charge in [0.25, 0.3) is 0 Å². The van der Waals surface area contributed by atoms with E-state index in [9.17, 15) is 9.90 Å². The predicted octanol–water partition coefficient (Wildman–Crippen LogP) is 4.45. The molecule has 0 saturated carbocycles. The molecule has 0 aliphatic carbocycles. The molecule has 0 aliphatic rings. The number of phenols is 1. The van der Waals surface area contributed by atoms with E-state index in [1.54, 1.807) is 0 Å². The molecule has 4 nitrogen and oxygen atoms in total. The minimum Gasteiger partial charge on any atom is -0.508 e. The molecule has 122 valence electrons. The maximum atomic E-state index is 12.2. The molecule has 0 radical (unpaired) electrons. The van der Waals surface area contributed by atoms with Gasteiger partial charge in [-0.25, -0.2) is 9.78 Å². The Kier molecular flexibility index (Phi) is 3.78. The minimum atomic E-state index is -0.445. The first-order valence-corrected chi connectivity index (χ1v) is 7.95. The molecule has 0 amide bonds. The van der Waals surface area contributed by atoms with Crippen LogP contribution < -0.4 is 0 Å². The summed E-state index contributed by atoms with van der Waals surface area (Å²) in [7, 11) is 0. The number of carbonyl (C=O) groups is 1. The number of aromatic nitrogens is 1. The summed E-state index contributed by atoms with van der Waals surface area (Å²) >= 11 is 0. The highest BCUT2D eigenvalue weighted by Gasteiger charge is 2.11. The average Bonchev–Trinajstić information content (AvgIpc) is 2.66. The van der Waals surface area contributed by atoms with Crippen LogP contribution in [0.3, 0.4) is 0 Å². The predicted molar refractivity (Wildman–Crippen MR) is 96.5 cm³/mol. The van der Waals surface area contributed by atoms with E-state index in [2.05, 4.69) is 4.98 Å². The second-order valence-corrected chi connectivity index (χ2v) is 5.74. The summed E-state index contributed by atoms with van der Waals surface area (Å²) < 4.78 is 5.43. The van der Waals surface area contributed by atoms with Crippen molar-refractivity contribution in [2.45, 2.75) is 6.61 Å². The topological polar surface area (TPSA) is 59.4 Å². The first-order chi connectivity index (χ1) is 12.2. The summed E-state index contributed by atoms with van der Waals surface area (Å²) in [6.45, 7) is 0.0884. The molecule has 0 spiro atoms. The van der Waals surface area contributed by atoms with Gasteiger partial charge in [-0.1, -0.05) is 42.5 Å². The van der Waals surface area contributed by atoms with Gasteiger partial charge in [0, 0.05) is 10.8 Å². The first-order valence-electron chi connectivity index (χ1n) is 7.95. The molecule has 0 saturated heterocycles. The molecule has 4 rings (SSSR count). The third-order valence-corrected chi connectivity index (χ3v) is 4.13. The van der Waals surface area contributed by atoms with Crippen molar-refractivity contribution in [3.8, 4) is 5.75 Å². The van der Waals surface area contributed by atoms with Crippen molar-refractivity contribution in [2.75, 3.05) is 0 Å². The number of hydrogen-bond acceptors (Lipinski definition) is 4. The third-order valence-electron chi connectivity index (χ3n) is 4.13. The zero-order valence-electron chi connectivity index (χ0n) is 13.3. The fourth-order valence-corrected chi connectivity index (χ4v) is 2.90. The van der Waals surface area contributed by atoms with E-state index in [1.165, 1.54) is 24.3 Å². The van der Waals surface area contributed by atoms with E-state index in [-0.39, 0.29) is 12.4 Å². The van der Waals surface area contributed by atoms with Crippen LogP contribution in [0, 0.1) is 0 Å². The number of rotatable bonds is 3. The van der Waals surface area contributed by atoms with Crippen molar-refractivity contribution in [3.05, 3.63) is 84.1 Å². The normalized spacial score (nSPS) is 10.9. The Labute approximate surface area is 144 Å². The van der Waals surface area contributed by atoms with Gasteiger partial charge in [0.05, 0.1) is 16.8 Å². The van der Waals surface area contributed by atoms with Gasteiger partial charge in [-0.3, -0.25) is 0 Å². The molecule has 0 fully saturated rings. The Balaban J connectivity index is 1.68. The molecule has 1 heterocycles. The van der Waals surface area contributed by atoms with Crippen LogP contribution in [0.15, 0.2) is 72.8 Å². The van der Waals surface area contributed by atoms with Gasteiger partial charge in [-0.2, -0.15) is 0 Å². The van der Waals surface area contributed by atoms with E-state index < -0.39 is 5.97 Å². The largest absolute Gasteiger partial charge is 0.508 e. The van der Waals surface area contributed by atoms with Gasteiger partial charge in [-0.15, -0.1) is 0 Å². The lowest BCUT2D eigenvalue weighted by Gasteiger charge is -2.10. The van der Waals surface area contributed by atoms with Crippen LogP contribution in [0.1, 0.15) is 16.1 Å². The number of fused-ring (bicyclic) bond motifs is 3. The summed E-state index contributed by atoms with van der Waals surface area (Å²) in [5.74, 6) is -0.335. The number of benzene rings is 3. The standard InChI is InChI=1S/C21H15NO3/c23-15-11-9-14(10-12-15)21(24)25-13-20-18-7-2-1-5-16(18)17-6-3-4-8-19(17)22-20/h1-12,23H,13H2. The van der Waals surface area contributed by atoms with Crippen LogP contribution in [0.2, 0.25) is 0 Å². The van der Waals surface area contributed by atoms with Crippen molar-refractivity contribution in [2.24, 2.45) is 0 Å². The second-order valence-electron chi connectivity index (χ2n) is 5.74. The van der Waals surface area contributed by atoms with Gasteiger partial charge in [0.15, 0.2) is 0 Å². The van der Waals surface area contributed by atoms with E-state index in [4.69, 9.17) is 4.74 Å². The van der Waals surface area contributed by atoms with Crippen molar-refractivity contribution in [1.29, 1.82) is 0 Å². The first kappa shape index (κ1) is 15.1. The smallest absolute Gasteiger partial charge is 0.338 e. The molecule has 25 heavy (non-hydrogen) atoms. The maximum absolute atomic E-state index is 12.2. The van der Waals surface area contributed by atoms with Gasteiger partial charge in [-0.05, 0) is 35.7 Å². The van der Waals surface area contributed by atoms with E-state index >= 15 is 0 Å². The Morgan fingerprint density at radius 1 is 0.840 bits per heavy atom. The number of nitrogens with zero attached hydrogens (tertiary/aromatic N) is 1. The van der Waals surface area contributed by atoms with Crippen LogP contribution in [0.4, 0.5) is 0 Å². The monoisotopic (exact) mass is 329 g/mol. The second kappa shape index (κ2) is 6.24. The molecule has 4 aromatic rings. The lowest BCUT2D eigenvalue weighted by atomic mass is 10.0. The van der Waals surface area contributed by atoms with Crippen LogP contribution in [0.5, 0.6) is 5.75 Å². The summed E-state index contributed by atoms with van der Waals surface area (Å²) in [6.07, 6.45) is 0. The van der Waals surface area contributed by atoms with Gasteiger partial charge in [0.2, 0.25) is 0 Å². The lowest BCUT2D eigenvalue weighted by molar-refractivity contribution is 0.0470. The number of ether oxygens (including phenoxy) is 1. The van der Waals surface area contributed by atoms with Crippen LogP contribution in [0.25, 0.3) is 21.7 Å². The van der Waals surface area contributed by atoms with Crippen LogP contribution in [-0.4, -0.2) is 16.1 Å². The van der Waals surface area contributed by atoms with Gasteiger partial charge in [0.1, 0.15) is 12.4 Å². The number of carbonyl (C=O) groups excluding carboxylic acids is 1. The SMILES string of the molecule is O=C(OCc1nc2ccccc2c2ccccc12)c1ccc(O)cc1. The Bertz CT molecular complexity index is 1070. The molecule has 0 unspecified atom stereocenters. The number of hydrogen-bond donors (Lipinski definition) is 1. The van der Waals surface area contributed by atoms with Crippen molar-refractivity contribution in [1.82, 2.24) is 4.98 Å². The van der Waals surface area contributed by atoms with Crippen LogP contribution >= 0.6 is 0 Å². The quantitative estimate of drug-likeness (QED) is 0.445. The van der Waals surface area contributed by atoms with Gasteiger partial charge < -0.3 is 9.84 Å². The average molecular weight is 329 g/mol. The molecule has 1 N–H and O–H groups in total. The summed E-state index contributed by atoms with van der Waals surface area (Å²) in [4.78, 5) is 16.9. The van der Waals surface area contributed by atoms with Crippen molar-refractivity contribution >= 4 is 27.6 Å². The fourth-order valence-electron chi connectivity index (χ4n) is 2.90. The van der Waals surface area contributed by atoms with Crippen LogP contribution in [-0.2, 0) is 11.3 Å². The molecule has 4 heteroatoms. The number of pyridine rings is 1. The van der Waals surface area contributed by atoms with E-state index in [0.29, 0.717) is 5.56 Å². The van der Waals surface area contributed by atoms with E-state index in [1.807, 2.05) is 48.5 Å². The zero-order chi connectivity index (χ0) is 17.2. The Morgan fingerprint density at radius 2 is 1.48 bits per heavy atom. The Hall–Kier alpha value is -3.40. The zero-order valence-corrected chi connectivity index (χ0v) is 13.3. The molecule has 0 aliphatic heterocycles. The molecule has 0 bridgehead atoms. The summed E-state index contributed by atoms with van der Waals surface area (Å²) in [5.41, 5.74) is 1.99. The molecule has 3 aromatic carbocycles. The summed E-state index contributed by atoms with van der Waals surface area (Å²) in [6, 6.07) is 21.9.